The molecule has 2 aromatic heterocycles. The number of thiophene rings is 1. The zero-order chi connectivity index (χ0) is 12.5. The summed E-state index contributed by atoms with van der Waals surface area (Å²) in [5, 5.41) is 15.5. The average molecular weight is 279 g/mol. The molecule has 0 bridgehead atoms. The van der Waals surface area contributed by atoms with Crippen LogP contribution >= 0.6 is 22.9 Å². The highest BCUT2D eigenvalue weighted by Gasteiger charge is 2.12. The van der Waals surface area contributed by atoms with E-state index in [9.17, 15) is 5.11 Å². The maximum atomic E-state index is 9.35. The van der Waals surface area contributed by atoms with E-state index in [1.807, 2.05) is 17.5 Å². The topological polar surface area (TPSA) is 59.2 Å². The summed E-state index contributed by atoms with van der Waals surface area (Å²) < 4.78 is 5.17. The van der Waals surface area contributed by atoms with Crippen molar-refractivity contribution >= 4 is 22.9 Å². The van der Waals surface area contributed by atoms with Crippen LogP contribution in [0.3, 0.4) is 0 Å². The van der Waals surface area contributed by atoms with E-state index in [-0.39, 0.29) is 10.8 Å². The Morgan fingerprint density at radius 3 is 2.89 bits per heavy atom. The molecule has 0 amide bonds. The molecule has 0 atom stereocenters. The van der Waals surface area contributed by atoms with Crippen LogP contribution in [0.25, 0.3) is 22.2 Å². The molecule has 18 heavy (non-hydrogen) atoms. The van der Waals surface area contributed by atoms with Crippen LogP contribution in [0.15, 0.2) is 40.2 Å². The molecular weight excluding hydrogens is 272 g/mol. The second-order valence-electron chi connectivity index (χ2n) is 3.57. The lowest BCUT2D eigenvalue weighted by atomic mass is 10.2. The zero-order valence-corrected chi connectivity index (χ0v) is 10.6. The van der Waals surface area contributed by atoms with Crippen molar-refractivity contribution in [2.24, 2.45) is 0 Å². The van der Waals surface area contributed by atoms with E-state index in [1.165, 1.54) is 17.4 Å². The van der Waals surface area contributed by atoms with Crippen molar-refractivity contribution in [1.29, 1.82) is 0 Å². The number of halogens is 1. The van der Waals surface area contributed by atoms with E-state index < -0.39 is 0 Å². The molecule has 0 fully saturated rings. The lowest BCUT2D eigenvalue weighted by Crippen LogP contribution is -1.79. The molecule has 1 aromatic carbocycles. The van der Waals surface area contributed by atoms with Gasteiger partial charge in [0.15, 0.2) is 0 Å². The Bertz CT molecular complexity index is 679. The van der Waals surface area contributed by atoms with E-state index in [4.69, 9.17) is 16.1 Å². The minimum Gasteiger partial charge on any atom is -0.506 e. The number of rotatable bonds is 2. The van der Waals surface area contributed by atoms with Crippen molar-refractivity contribution in [3.8, 4) is 27.9 Å². The van der Waals surface area contributed by atoms with Gasteiger partial charge in [0.05, 0.1) is 9.90 Å². The summed E-state index contributed by atoms with van der Waals surface area (Å²) in [6.45, 7) is 0. The number of hydrogen-bond acceptors (Lipinski definition) is 5. The maximum absolute atomic E-state index is 9.35. The summed E-state index contributed by atoms with van der Waals surface area (Å²) in [4.78, 5) is 5.23. The van der Waals surface area contributed by atoms with Crippen LogP contribution in [0.5, 0.6) is 5.75 Å². The molecular formula is C12H7ClN2O2S. The monoisotopic (exact) mass is 278 g/mol. The minimum atomic E-state index is 0.0263. The van der Waals surface area contributed by atoms with E-state index >= 15 is 0 Å². The summed E-state index contributed by atoms with van der Waals surface area (Å²) in [6.07, 6.45) is 0. The first-order valence-corrected chi connectivity index (χ1v) is 6.36. The number of aromatic hydroxyl groups is 1. The summed E-state index contributed by atoms with van der Waals surface area (Å²) in [7, 11) is 0. The summed E-state index contributed by atoms with van der Waals surface area (Å²) in [5.74, 6) is 0.947. The highest BCUT2D eigenvalue weighted by atomic mass is 35.5. The van der Waals surface area contributed by atoms with Gasteiger partial charge in [0.2, 0.25) is 5.82 Å². The van der Waals surface area contributed by atoms with Crippen LogP contribution in [0.2, 0.25) is 5.02 Å². The van der Waals surface area contributed by atoms with Crippen molar-refractivity contribution in [2.75, 3.05) is 0 Å². The molecule has 0 aliphatic rings. The molecule has 0 saturated carbocycles. The third kappa shape index (κ3) is 1.98. The van der Waals surface area contributed by atoms with Gasteiger partial charge < -0.3 is 9.63 Å². The molecule has 4 nitrogen and oxygen atoms in total. The fourth-order valence-corrected chi connectivity index (χ4v) is 2.32. The summed E-state index contributed by atoms with van der Waals surface area (Å²) >= 11 is 7.37. The molecule has 3 aromatic rings. The molecule has 6 heteroatoms. The number of hydrogen-bond donors (Lipinski definition) is 1. The molecule has 0 aliphatic carbocycles. The summed E-state index contributed by atoms with van der Waals surface area (Å²) in [6, 6.07) is 8.60. The second-order valence-corrected chi connectivity index (χ2v) is 4.92. The van der Waals surface area contributed by atoms with Crippen molar-refractivity contribution in [3.05, 3.63) is 40.7 Å². The van der Waals surface area contributed by atoms with Crippen LogP contribution < -0.4 is 0 Å². The Hall–Kier alpha value is -1.85. The average Bonchev–Trinajstić information content (AvgIpc) is 3.01. The van der Waals surface area contributed by atoms with Crippen LogP contribution in [0, 0.1) is 0 Å². The zero-order valence-electron chi connectivity index (χ0n) is 9.00. The molecule has 0 saturated heterocycles. The van der Waals surface area contributed by atoms with Crippen molar-refractivity contribution in [3.63, 3.8) is 0 Å². The first kappa shape index (κ1) is 11.3. The lowest BCUT2D eigenvalue weighted by Gasteiger charge is -1.97. The van der Waals surface area contributed by atoms with Crippen LogP contribution in [-0.4, -0.2) is 15.2 Å². The minimum absolute atomic E-state index is 0.0263. The van der Waals surface area contributed by atoms with Crippen molar-refractivity contribution < 1.29 is 9.63 Å². The molecule has 90 valence electrons. The molecule has 0 radical (unpaired) electrons. The van der Waals surface area contributed by atoms with Gasteiger partial charge >= 0.3 is 0 Å². The fourth-order valence-electron chi connectivity index (χ4n) is 1.49. The Labute approximate surface area is 111 Å². The maximum Gasteiger partial charge on any atom is 0.258 e. The Morgan fingerprint density at radius 1 is 1.28 bits per heavy atom. The normalized spacial score (nSPS) is 10.7. The number of benzene rings is 1. The third-order valence-corrected chi connectivity index (χ3v) is 3.53. The standard InChI is InChI=1S/C12H7ClN2O2S/c13-8-6-7(3-4-9(8)16)12-14-11(15-17-12)10-2-1-5-18-10/h1-6,16H. The Morgan fingerprint density at radius 2 is 2.17 bits per heavy atom. The molecule has 2 heterocycles. The quantitative estimate of drug-likeness (QED) is 0.774. The fraction of sp³-hybridized carbons (Fsp3) is 0. The van der Waals surface area contributed by atoms with Gasteiger partial charge in [0.1, 0.15) is 5.75 Å². The lowest BCUT2D eigenvalue weighted by molar-refractivity contribution is 0.432. The van der Waals surface area contributed by atoms with E-state index in [1.54, 1.807) is 12.1 Å². The first-order valence-electron chi connectivity index (χ1n) is 5.10. The molecule has 3 rings (SSSR count). The first-order chi connectivity index (χ1) is 8.74. The predicted octanol–water partition coefficient (Wildman–Crippen LogP) is 3.82. The van der Waals surface area contributed by atoms with Crippen molar-refractivity contribution in [1.82, 2.24) is 10.1 Å². The third-order valence-electron chi connectivity index (χ3n) is 2.36. The van der Waals surface area contributed by atoms with E-state index in [2.05, 4.69) is 10.1 Å². The number of nitrogens with zero attached hydrogens (tertiary/aromatic N) is 2. The summed E-state index contributed by atoms with van der Waals surface area (Å²) in [5.41, 5.74) is 0.674. The highest BCUT2D eigenvalue weighted by molar-refractivity contribution is 7.13. The van der Waals surface area contributed by atoms with Gasteiger partial charge in [-0.2, -0.15) is 4.98 Å². The second kappa shape index (κ2) is 4.44. The Kier molecular flexibility index (Phi) is 2.77. The smallest absolute Gasteiger partial charge is 0.258 e. The van der Waals surface area contributed by atoms with Gasteiger partial charge in [-0.15, -0.1) is 11.3 Å². The largest absolute Gasteiger partial charge is 0.506 e. The van der Waals surface area contributed by atoms with Gasteiger partial charge in [0, 0.05) is 5.56 Å². The van der Waals surface area contributed by atoms with Crippen molar-refractivity contribution in [2.45, 2.75) is 0 Å². The number of phenolic OH excluding ortho intramolecular Hbond substituents is 1. The van der Waals surface area contributed by atoms with Gasteiger partial charge in [-0.1, -0.05) is 22.8 Å². The van der Waals surface area contributed by atoms with Gasteiger partial charge in [0.25, 0.3) is 5.89 Å². The molecule has 1 N–H and O–H groups in total. The molecule has 0 spiro atoms. The van der Waals surface area contributed by atoms with E-state index in [0.29, 0.717) is 17.3 Å². The highest BCUT2D eigenvalue weighted by Crippen LogP contribution is 2.30. The van der Waals surface area contributed by atoms with Crippen LogP contribution in [-0.2, 0) is 0 Å². The SMILES string of the molecule is Oc1ccc(-c2nc(-c3cccs3)no2)cc1Cl. The van der Waals surface area contributed by atoms with Gasteiger partial charge in [-0.3, -0.25) is 0 Å². The molecule has 0 aliphatic heterocycles. The van der Waals surface area contributed by atoms with Crippen LogP contribution in [0.4, 0.5) is 0 Å². The number of aromatic nitrogens is 2. The Balaban J connectivity index is 2.00. The molecule has 0 unspecified atom stereocenters. The number of phenols is 1. The van der Waals surface area contributed by atoms with Gasteiger partial charge in [-0.25, -0.2) is 0 Å². The predicted molar refractivity (Wildman–Crippen MR) is 69.7 cm³/mol. The van der Waals surface area contributed by atoms with E-state index in [0.717, 1.165) is 4.88 Å². The van der Waals surface area contributed by atoms with Crippen LogP contribution in [0.1, 0.15) is 0 Å². The van der Waals surface area contributed by atoms with Gasteiger partial charge in [-0.05, 0) is 29.6 Å².